The topological polar surface area (TPSA) is 49.3 Å². The molecule has 1 amide bonds. The van der Waals surface area contributed by atoms with E-state index in [0.29, 0.717) is 12.5 Å². The molecule has 0 saturated heterocycles. The average Bonchev–Trinajstić information content (AvgIpc) is 2.41. The number of amides is 1. The van der Waals surface area contributed by atoms with Crippen molar-refractivity contribution in [3.05, 3.63) is 29.6 Å². The van der Waals surface area contributed by atoms with Gasteiger partial charge in [-0.15, -0.1) is 0 Å². The summed E-state index contributed by atoms with van der Waals surface area (Å²) in [6.07, 6.45) is 5.99. The lowest BCUT2D eigenvalue weighted by atomic mass is 9.81. The molecule has 1 aromatic rings. The van der Waals surface area contributed by atoms with E-state index in [1.54, 1.807) is 0 Å². The largest absolute Gasteiger partial charge is 0.507 e. The van der Waals surface area contributed by atoms with Gasteiger partial charge in [-0.3, -0.25) is 4.79 Å². The van der Waals surface area contributed by atoms with Crippen molar-refractivity contribution in [1.29, 1.82) is 0 Å². The second kappa shape index (κ2) is 6.73. The molecule has 2 rings (SSSR count). The molecule has 4 heteroatoms. The predicted octanol–water partition coefficient (Wildman–Crippen LogP) is 3.48. The van der Waals surface area contributed by atoms with Gasteiger partial charge in [-0.25, -0.2) is 4.39 Å². The molecule has 1 fully saturated rings. The maximum Gasteiger partial charge on any atom is 0.255 e. The van der Waals surface area contributed by atoms with Gasteiger partial charge in [0.05, 0.1) is 5.56 Å². The molecule has 110 valence electrons. The van der Waals surface area contributed by atoms with Crippen LogP contribution in [0.1, 0.15) is 49.4 Å². The number of halogens is 1. The maximum atomic E-state index is 12.8. The summed E-state index contributed by atoms with van der Waals surface area (Å²) >= 11 is 0. The lowest BCUT2D eigenvalue weighted by Crippen LogP contribution is -2.27. The van der Waals surface area contributed by atoms with E-state index < -0.39 is 5.82 Å². The van der Waals surface area contributed by atoms with Crippen LogP contribution in [0.4, 0.5) is 4.39 Å². The van der Waals surface area contributed by atoms with Gasteiger partial charge in [-0.1, -0.05) is 32.6 Å². The fourth-order valence-corrected chi connectivity index (χ4v) is 2.80. The standard InChI is InChI=1S/C16H22FNO2/c1-11-2-4-12(5-3-11)8-9-18-16(20)14-7-6-13(17)10-15(14)19/h6-7,10-12,19H,2-5,8-9H2,1H3,(H,18,20). The molecule has 1 aliphatic rings. The molecule has 0 unspecified atom stereocenters. The minimum absolute atomic E-state index is 0.128. The van der Waals surface area contributed by atoms with Gasteiger partial charge in [0.2, 0.25) is 0 Å². The SMILES string of the molecule is CC1CCC(CCNC(=O)c2ccc(F)cc2O)CC1. The van der Waals surface area contributed by atoms with Gasteiger partial charge >= 0.3 is 0 Å². The Morgan fingerprint density at radius 1 is 1.35 bits per heavy atom. The number of carbonyl (C=O) groups excluding carboxylic acids is 1. The van der Waals surface area contributed by atoms with Crippen molar-refractivity contribution in [1.82, 2.24) is 5.32 Å². The van der Waals surface area contributed by atoms with Crippen molar-refractivity contribution in [3.8, 4) is 5.75 Å². The third-order valence-corrected chi connectivity index (χ3v) is 4.18. The van der Waals surface area contributed by atoms with Gasteiger partial charge in [0.1, 0.15) is 11.6 Å². The molecule has 20 heavy (non-hydrogen) atoms. The Hall–Kier alpha value is -1.58. The van der Waals surface area contributed by atoms with E-state index in [2.05, 4.69) is 12.2 Å². The van der Waals surface area contributed by atoms with Crippen LogP contribution < -0.4 is 5.32 Å². The van der Waals surface area contributed by atoms with Gasteiger partial charge in [-0.05, 0) is 30.4 Å². The normalized spacial score (nSPS) is 22.5. The van der Waals surface area contributed by atoms with Crippen LogP contribution in [0.5, 0.6) is 5.75 Å². The first-order chi connectivity index (χ1) is 9.56. The first kappa shape index (κ1) is 14.8. The number of aromatic hydroxyl groups is 1. The molecule has 1 aliphatic carbocycles. The number of benzene rings is 1. The lowest BCUT2D eigenvalue weighted by molar-refractivity contribution is 0.0947. The zero-order valence-electron chi connectivity index (χ0n) is 11.9. The van der Waals surface area contributed by atoms with Crippen LogP contribution in [0.25, 0.3) is 0 Å². The smallest absolute Gasteiger partial charge is 0.255 e. The second-order valence-corrected chi connectivity index (χ2v) is 5.83. The molecule has 3 nitrogen and oxygen atoms in total. The summed E-state index contributed by atoms with van der Waals surface area (Å²) in [4.78, 5) is 11.9. The number of rotatable bonds is 4. The third kappa shape index (κ3) is 3.95. The van der Waals surface area contributed by atoms with E-state index in [9.17, 15) is 14.3 Å². The summed E-state index contributed by atoms with van der Waals surface area (Å²) < 4.78 is 12.8. The minimum Gasteiger partial charge on any atom is -0.507 e. The maximum absolute atomic E-state index is 12.8. The van der Waals surface area contributed by atoms with Crippen LogP contribution >= 0.6 is 0 Å². The van der Waals surface area contributed by atoms with Crippen molar-refractivity contribution in [2.75, 3.05) is 6.54 Å². The Balaban J connectivity index is 1.77. The van der Waals surface area contributed by atoms with Gasteiger partial charge in [0.25, 0.3) is 5.91 Å². The minimum atomic E-state index is -0.546. The molecular weight excluding hydrogens is 257 g/mol. The summed E-state index contributed by atoms with van der Waals surface area (Å²) in [7, 11) is 0. The molecule has 2 N–H and O–H groups in total. The third-order valence-electron chi connectivity index (χ3n) is 4.18. The zero-order valence-corrected chi connectivity index (χ0v) is 11.9. The summed E-state index contributed by atoms with van der Waals surface area (Å²) in [5.41, 5.74) is 0.128. The summed E-state index contributed by atoms with van der Waals surface area (Å²) in [5, 5.41) is 12.3. The van der Waals surface area contributed by atoms with Crippen molar-refractivity contribution < 1.29 is 14.3 Å². The summed E-state index contributed by atoms with van der Waals surface area (Å²) in [6, 6.07) is 3.44. The van der Waals surface area contributed by atoms with Gasteiger partial charge in [-0.2, -0.15) is 0 Å². The Bertz CT molecular complexity index is 468. The highest BCUT2D eigenvalue weighted by Gasteiger charge is 2.18. The van der Waals surface area contributed by atoms with E-state index in [1.165, 1.54) is 37.8 Å². The fraction of sp³-hybridized carbons (Fsp3) is 0.562. The molecule has 0 radical (unpaired) electrons. The molecule has 0 heterocycles. The van der Waals surface area contributed by atoms with E-state index in [0.717, 1.165) is 18.4 Å². The molecular formula is C16H22FNO2. The predicted molar refractivity (Wildman–Crippen MR) is 76.1 cm³/mol. The van der Waals surface area contributed by atoms with Crippen LogP contribution in [-0.2, 0) is 0 Å². The van der Waals surface area contributed by atoms with E-state index in [-0.39, 0.29) is 17.2 Å². The van der Waals surface area contributed by atoms with E-state index >= 15 is 0 Å². The van der Waals surface area contributed by atoms with Gasteiger partial charge in [0, 0.05) is 12.6 Å². The number of hydrogen-bond acceptors (Lipinski definition) is 2. The Labute approximate surface area is 119 Å². The first-order valence-corrected chi connectivity index (χ1v) is 7.33. The second-order valence-electron chi connectivity index (χ2n) is 5.83. The number of nitrogens with one attached hydrogen (secondary N) is 1. The Morgan fingerprint density at radius 2 is 2.05 bits per heavy atom. The van der Waals surface area contributed by atoms with Gasteiger partial charge < -0.3 is 10.4 Å². The summed E-state index contributed by atoms with van der Waals surface area (Å²) in [6.45, 7) is 2.89. The molecule has 0 spiro atoms. The highest BCUT2D eigenvalue weighted by molar-refractivity contribution is 5.96. The van der Waals surface area contributed by atoms with Crippen LogP contribution in [0, 0.1) is 17.7 Å². The molecule has 0 bridgehead atoms. The van der Waals surface area contributed by atoms with Crippen LogP contribution in [0.15, 0.2) is 18.2 Å². The van der Waals surface area contributed by atoms with E-state index in [1.807, 2.05) is 0 Å². The monoisotopic (exact) mass is 279 g/mol. The van der Waals surface area contributed by atoms with Crippen molar-refractivity contribution in [3.63, 3.8) is 0 Å². The molecule has 0 atom stereocenters. The van der Waals surface area contributed by atoms with Gasteiger partial charge in [0.15, 0.2) is 0 Å². The van der Waals surface area contributed by atoms with Crippen molar-refractivity contribution >= 4 is 5.91 Å². The number of carbonyl (C=O) groups is 1. The Kier molecular flexibility index (Phi) is 4.99. The highest BCUT2D eigenvalue weighted by atomic mass is 19.1. The number of phenols is 1. The fourth-order valence-electron chi connectivity index (χ4n) is 2.80. The van der Waals surface area contributed by atoms with Crippen LogP contribution in [0.3, 0.4) is 0 Å². The van der Waals surface area contributed by atoms with E-state index in [4.69, 9.17) is 0 Å². The first-order valence-electron chi connectivity index (χ1n) is 7.33. The molecule has 1 saturated carbocycles. The van der Waals surface area contributed by atoms with Crippen LogP contribution in [-0.4, -0.2) is 17.6 Å². The summed E-state index contributed by atoms with van der Waals surface area (Å²) in [5.74, 6) is 0.321. The van der Waals surface area contributed by atoms with Crippen molar-refractivity contribution in [2.45, 2.75) is 39.0 Å². The lowest BCUT2D eigenvalue weighted by Gasteiger charge is -2.26. The van der Waals surface area contributed by atoms with Crippen molar-refractivity contribution in [2.24, 2.45) is 11.8 Å². The molecule has 1 aromatic carbocycles. The average molecular weight is 279 g/mol. The number of phenolic OH excluding ortho intramolecular Hbond substituents is 1. The Morgan fingerprint density at radius 3 is 2.70 bits per heavy atom. The number of hydrogen-bond donors (Lipinski definition) is 2. The molecule has 0 aliphatic heterocycles. The molecule has 0 aromatic heterocycles. The quantitative estimate of drug-likeness (QED) is 0.886. The van der Waals surface area contributed by atoms with Crippen LogP contribution in [0.2, 0.25) is 0 Å². The highest BCUT2D eigenvalue weighted by Crippen LogP contribution is 2.30. The zero-order chi connectivity index (χ0) is 14.5.